The van der Waals surface area contributed by atoms with E-state index in [2.05, 4.69) is 27.7 Å². The molecule has 5 atom stereocenters. The van der Waals surface area contributed by atoms with Gasteiger partial charge in [-0.05, 0) is 25.7 Å². The Hall–Kier alpha value is -1.94. The number of esters is 4. The molecule has 0 saturated carbocycles. The van der Waals surface area contributed by atoms with Gasteiger partial charge >= 0.3 is 39.5 Å². The van der Waals surface area contributed by atoms with E-state index in [-0.39, 0.29) is 25.7 Å². The molecule has 94 heavy (non-hydrogen) atoms. The molecule has 3 N–H and O–H groups in total. The zero-order valence-corrected chi connectivity index (χ0v) is 62.7. The lowest BCUT2D eigenvalue weighted by Gasteiger charge is -2.21. The minimum atomic E-state index is -4.95. The van der Waals surface area contributed by atoms with Crippen molar-refractivity contribution in [2.75, 3.05) is 39.6 Å². The Balaban J connectivity index is 5.21. The molecular formula is C75H146O17P2. The summed E-state index contributed by atoms with van der Waals surface area (Å²) in [5, 5.41) is 10.6. The average Bonchev–Trinajstić information content (AvgIpc) is 1.27. The summed E-state index contributed by atoms with van der Waals surface area (Å²) in [7, 11) is -9.90. The zero-order chi connectivity index (χ0) is 69.0. The number of phosphoric ester groups is 2. The van der Waals surface area contributed by atoms with E-state index >= 15 is 0 Å². The molecular weight excluding hydrogens is 1230 g/mol. The second kappa shape index (κ2) is 69.5. The van der Waals surface area contributed by atoms with Gasteiger partial charge in [-0.2, -0.15) is 0 Å². The smallest absolute Gasteiger partial charge is 0.462 e. The number of phosphoric acid groups is 2. The highest BCUT2D eigenvalue weighted by Crippen LogP contribution is 2.45. The van der Waals surface area contributed by atoms with E-state index in [0.717, 1.165) is 89.9 Å². The molecule has 0 rings (SSSR count). The Bertz CT molecular complexity index is 1790. The summed E-state index contributed by atoms with van der Waals surface area (Å²) in [5.41, 5.74) is 0. The van der Waals surface area contributed by atoms with E-state index in [4.69, 9.17) is 37.0 Å². The Kier molecular flexibility index (Phi) is 68.1. The van der Waals surface area contributed by atoms with Crippen molar-refractivity contribution < 1.29 is 80.2 Å². The highest BCUT2D eigenvalue weighted by Gasteiger charge is 2.30. The molecule has 0 heterocycles. The first-order chi connectivity index (χ1) is 45.7. The SMILES string of the molecule is CCCCCCCCCCCCCCCCCCCCCC(=O)O[C@H](COC(=O)CCCCCCCCCCCCCCC)COP(=O)(O)OC[C@@H](O)COP(=O)(O)OC[C@@H](COC(=O)CCCCCCCCCCCC)OC(=O)CCCCCCCCCCCCCC. The highest BCUT2D eigenvalue weighted by atomic mass is 31.2. The van der Waals surface area contributed by atoms with Crippen LogP contribution < -0.4 is 0 Å². The topological polar surface area (TPSA) is 237 Å². The van der Waals surface area contributed by atoms with Crippen LogP contribution >= 0.6 is 15.6 Å². The monoisotopic (exact) mass is 1380 g/mol. The Labute approximate surface area is 575 Å². The molecule has 2 unspecified atom stereocenters. The van der Waals surface area contributed by atoms with Crippen LogP contribution in [-0.4, -0.2) is 96.7 Å². The van der Waals surface area contributed by atoms with E-state index in [1.54, 1.807) is 0 Å². The van der Waals surface area contributed by atoms with Crippen LogP contribution in [0, 0.1) is 0 Å². The summed E-state index contributed by atoms with van der Waals surface area (Å²) >= 11 is 0. The molecule has 0 amide bonds. The van der Waals surface area contributed by atoms with Crippen LogP contribution in [0.3, 0.4) is 0 Å². The van der Waals surface area contributed by atoms with Crippen molar-refractivity contribution in [1.82, 2.24) is 0 Å². The van der Waals surface area contributed by atoms with E-state index in [1.165, 1.54) is 231 Å². The minimum Gasteiger partial charge on any atom is -0.462 e. The quantitative estimate of drug-likeness (QED) is 0.0222. The first-order valence-electron chi connectivity index (χ1n) is 39.3. The average molecular weight is 1380 g/mol. The number of rotatable bonds is 76. The number of hydrogen-bond acceptors (Lipinski definition) is 15. The Morgan fingerprint density at radius 3 is 0.628 bits per heavy atom. The molecule has 558 valence electrons. The maximum Gasteiger partial charge on any atom is 0.472 e. The normalized spacial score (nSPS) is 13.9. The number of aliphatic hydroxyl groups excluding tert-OH is 1. The fourth-order valence-corrected chi connectivity index (χ4v) is 13.2. The van der Waals surface area contributed by atoms with E-state index in [1.807, 2.05) is 0 Å². The Morgan fingerprint density at radius 1 is 0.255 bits per heavy atom. The van der Waals surface area contributed by atoms with Crippen LogP contribution in [0.1, 0.15) is 400 Å². The predicted octanol–water partition coefficient (Wildman–Crippen LogP) is 22.2. The van der Waals surface area contributed by atoms with Crippen molar-refractivity contribution in [3.05, 3.63) is 0 Å². The van der Waals surface area contributed by atoms with Gasteiger partial charge in [0.05, 0.1) is 26.4 Å². The van der Waals surface area contributed by atoms with Crippen LogP contribution in [0.2, 0.25) is 0 Å². The summed E-state index contributed by atoms with van der Waals surface area (Å²) in [4.78, 5) is 72.7. The van der Waals surface area contributed by atoms with Gasteiger partial charge in [0.1, 0.15) is 19.3 Å². The van der Waals surface area contributed by atoms with Crippen LogP contribution in [0.5, 0.6) is 0 Å². The fraction of sp³-hybridized carbons (Fsp3) is 0.947. The first kappa shape index (κ1) is 92.1. The molecule has 0 spiro atoms. The molecule has 0 bridgehead atoms. The number of ether oxygens (including phenoxy) is 4. The summed E-state index contributed by atoms with van der Waals surface area (Å²) < 4.78 is 68.5. The largest absolute Gasteiger partial charge is 0.472 e. The van der Waals surface area contributed by atoms with Gasteiger partial charge < -0.3 is 33.8 Å². The first-order valence-corrected chi connectivity index (χ1v) is 42.3. The standard InChI is InChI=1S/C75H146O17P2/c1-5-9-13-17-21-25-29-32-33-34-35-36-37-39-42-46-50-54-58-62-75(80)92-71(66-86-73(78)60-56-52-48-44-41-38-30-26-22-18-14-10-6-2)68-90-94(83,84)88-64-69(76)63-87-93(81,82)89-67-70(65-85-72(77)59-55-51-47-43-28-24-20-16-12-8-4)91-74(79)61-57-53-49-45-40-31-27-23-19-15-11-7-3/h69-71,76H,5-68H2,1-4H3,(H,81,82)(H,83,84)/t69-,70+,71+/m0/s1. The summed E-state index contributed by atoms with van der Waals surface area (Å²) in [6.45, 7) is 4.98. The van der Waals surface area contributed by atoms with Gasteiger partial charge in [0.25, 0.3) is 0 Å². The zero-order valence-electron chi connectivity index (χ0n) is 60.9. The highest BCUT2D eigenvalue weighted by molar-refractivity contribution is 7.47. The maximum absolute atomic E-state index is 13.1. The van der Waals surface area contributed by atoms with Crippen molar-refractivity contribution in [2.45, 2.75) is 418 Å². The van der Waals surface area contributed by atoms with Crippen molar-refractivity contribution in [1.29, 1.82) is 0 Å². The maximum atomic E-state index is 13.1. The molecule has 0 aromatic heterocycles. The van der Waals surface area contributed by atoms with Crippen LogP contribution in [0.15, 0.2) is 0 Å². The van der Waals surface area contributed by atoms with Crippen molar-refractivity contribution in [3.8, 4) is 0 Å². The van der Waals surface area contributed by atoms with Gasteiger partial charge in [-0.1, -0.05) is 349 Å². The molecule has 19 heteroatoms. The molecule has 0 aromatic rings. The van der Waals surface area contributed by atoms with Crippen molar-refractivity contribution in [3.63, 3.8) is 0 Å². The molecule has 0 saturated heterocycles. The van der Waals surface area contributed by atoms with Gasteiger partial charge in [0.15, 0.2) is 12.2 Å². The molecule has 0 aliphatic carbocycles. The number of aliphatic hydroxyl groups is 1. The summed E-state index contributed by atoms with van der Waals surface area (Å²) in [6, 6.07) is 0. The lowest BCUT2D eigenvalue weighted by molar-refractivity contribution is -0.161. The van der Waals surface area contributed by atoms with Crippen LogP contribution in [-0.2, 0) is 65.4 Å². The second-order valence-corrected chi connectivity index (χ2v) is 29.9. The second-order valence-electron chi connectivity index (χ2n) is 27.0. The number of carbonyl (C=O) groups is 4. The molecule has 0 aliphatic rings. The van der Waals surface area contributed by atoms with E-state index in [9.17, 15) is 43.2 Å². The molecule has 0 aliphatic heterocycles. The molecule has 17 nitrogen and oxygen atoms in total. The number of unbranched alkanes of at least 4 members (excludes halogenated alkanes) is 50. The third-order valence-corrected chi connectivity index (χ3v) is 19.5. The predicted molar refractivity (Wildman–Crippen MR) is 382 cm³/mol. The molecule has 0 aromatic carbocycles. The number of hydrogen-bond donors (Lipinski definition) is 3. The summed E-state index contributed by atoms with van der Waals surface area (Å²) in [5.74, 6) is -2.11. The third-order valence-electron chi connectivity index (χ3n) is 17.6. The van der Waals surface area contributed by atoms with Crippen LogP contribution in [0.25, 0.3) is 0 Å². The van der Waals surface area contributed by atoms with Crippen molar-refractivity contribution >= 4 is 39.5 Å². The lowest BCUT2D eigenvalue weighted by Crippen LogP contribution is -2.30. The molecule has 0 radical (unpaired) electrons. The van der Waals surface area contributed by atoms with Gasteiger partial charge in [0.2, 0.25) is 0 Å². The van der Waals surface area contributed by atoms with Gasteiger partial charge in [-0.25, -0.2) is 9.13 Å². The lowest BCUT2D eigenvalue weighted by atomic mass is 10.0. The fourth-order valence-electron chi connectivity index (χ4n) is 11.6. The summed E-state index contributed by atoms with van der Waals surface area (Å²) in [6.07, 6.45) is 59.5. The van der Waals surface area contributed by atoms with Crippen molar-refractivity contribution in [2.24, 2.45) is 0 Å². The van der Waals surface area contributed by atoms with E-state index < -0.39 is 97.5 Å². The van der Waals surface area contributed by atoms with E-state index in [0.29, 0.717) is 25.7 Å². The van der Waals surface area contributed by atoms with Gasteiger partial charge in [0, 0.05) is 25.7 Å². The minimum absolute atomic E-state index is 0.108. The van der Waals surface area contributed by atoms with Gasteiger partial charge in [-0.3, -0.25) is 37.3 Å². The third kappa shape index (κ3) is 68.6. The van der Waals surface area contributed by atoms with Crippen LogP contribution in [0.4, 0.5) is 0 Å². The molecule has 0 fully saturated rings. The Morgan fingerprint density at radius 2 is 0.426 bits per heavy atom. The number of carbonyl (C=O) groups excluding carboxylic acids is 4. The van der Waals surface area contributed by atoms with Gasteiger partial charge in [-0.15, -0.1) is 0 Å².